The normalized spacial score (nSPS) is 15.6. The van der Waals surface area contributed by atoms with Gasteiger partial charge in [-0.15, -0.1) is 0 Å². The first-order valence-electron chi connectivity index (χ1n) is 11.2. The molecule has 1 unspecified atom stereocenters. The fraction of sp³-hybridized carbons (Fsp3) is 0.385. The molecule has 0 spiro atoms. The van der Waals surface area contributed by atoms with Gasteiger partial charge in [-0.1, -0.05) is 31.2 Å². The summed E-state index contributed by atoms with van der Waals surface area (Å²) in [6.45, 7) is 7.61. The van der Waals surface area contributed by atoms with E-state index < -0.39 is 6.04 Å². The Morgan fingerprint density at radius 3 is 2.66 bits per heavy atom. The fourth-order valence-corrected chi connectivity index (χ4v) is 4.09. The van der Waals surface area contributed by atoms with Crippen LogP contribution in [0.1, 0.15) is 61.3 Å². The number of hydrogen-bond acceptors (Lipinski definition) is 5. The molecule has 1 atom stereocenters. The molecule has 0 bridgehead atoms. The van der Waals surface area contributed by atoms with Gasteiger partial charge in [0.25, 0.3) is 5.91 Å². The first-order valence-corrected chi connectivity index (χ1v) is 11.2. The second-order valence-electron chi connectivity index (χ2n) is 8.27. The summed E-state index contributed by atoms with van der Waals surface area (Å²) in [5, 5.41) is 0.479. The Balaban J connectivity index is 1.77. The molecule has 6 heteroatoms. The van der Waals surface area contributed by atoms with Crippen molar-refractivity contribution < 1.29 is 18.7 Å². The molecule has 1 aromatic heterocycles. The van der Waals surface area contributed by atoms with Crippen LogP contribution in [0.25, 0.3) is 11.0 Å². The topological polar surface area (TPSA) is 69.0 Å². The fourth-order valence-electron chi connectivity index (χ4n) is 4.09. The number of hydrogen-bond donors (Lipinski definition) is 0. The van der Waals surface area contributed by atoms with E-state index in [2.05, 4.69) is 0 Å². The van der Waals surface area contributed by atoms with Crippen molar-refractivity contribution in [3.8, 4) is 5.75 Å². The van der Waals surface area contributed by atoms with Crippen molar-refractivity contribution >= 4 is 16.9 Å². The van der Waals surface area contributed by atoms with Gasteiger partial charge < -0.3 is 18.8 Å². The monoisotopic (exact) mass is 435 g/mol. The van der Waals surface area contributed by atoms with Crippen molar-refractivity contribution in [2.24, 2.45) is 0 Å². The maximum Gasteiger partial charge on any atom is 0.290 e. The smallest absolute Gasteiger partial charge is 0.290 e. The van der Waals surface area contributed by atoms with Crippen LogP contribution in [-0.2, 0) is 4.74 Å². The Labute approximate surface area is 187 Å². The number of fused-ring (bicyclic) bond motifs is 2. The van der Waals surface area contributed by atoms with Crippen LogP contribution in [-0.4, -0.2) is 36.7 Å². The zero-order chi connectivity index (χ0) is 22.7. The largest absolute Gasteiger partial charge is 0.494 e. The molecule has 2 aromatic carbocycles. The summed E-state index contributed by atoms with van der Waals surface area (Å²) in [7, 11) is 0. The lowest BCUT2D eigenvalue weighted by Crippen LogP contribution is -2.31. The van der Waals surface area contributed by atoms with Gasteiger partial charge in [0, 0.05) is 13.2 Å². The predicted octanol–water partition coefficient (Wildman–Crippen LogP) is 4.94. The highest BCUT2D eigenvalue weighted by Gasteiger charge is 2.42. The van der Waals surface area contributed by atoms with Gasteiger partial charge >= 0.3 is 0 Å². The summed E-state index contributed by atoms with van der Waals surface area (Å²) in [4.78, 5) is 28.6. The van der Waals surface area contributed by atoms with Crippen molar-refractivity contribution in [2.45, 2.75) is 45.8 Å². The Kier molecular flexibility index (Phi) is 6.61. The Morgan fingerprint density at radius 1 is 1.06 bits per heavy atom. The quantitative estimate of drug-likeness (QED) is 0.445. The van der Waals surface area contributed by atoms with E-state index in [0.717, 1.165) is 17.7 Å². The zero-order valence-corrected chi connectivity index (χ0v) is 18.8. The van der Waals surface area contributed by atoms with Gasteiger partial charge in [0.2, 0.25) is 5.76 Å². The number of amides is 1. The molecule has 0 saturated carbocycles. The van der Waals surface area contributed by atoms with Crippen molar-refractivity contribution in [1.29, 1.82) is 0 Å². The Bertz CT molecular complexity index is 1170. The average Bonchev–Trinajstić information content (AvgIpc) is 3.07. The average molecular weight is 436 g/mol. The van der Waals surface area contributed by atoms with Crippen molar-refractivity contribution in [3.63, 3.8) is 0 Å². The van der Waals surface area contributed by atoms with Gasteiger partial charge in [-0.25, -0.2) is 0 Å². The van der Waals surface area contributed by atoms with Crippen LogP contribution in [0.15, 0.2) is 57.7 Å². The number of nitrogens with zero attached hydrogens (tertiary/aromatic N) is 1. The van der Waals surface area contributed by atoms with E-state index >= 15 is 0 Å². The maximum atomic E-state index is 13.5. The molecule has 6 nitrogen and oxygen atoms in total. The molecule has 168 valence electrons. The van der Waals surface area contributed by atoms with Crippen LogP contribution in [0.5, 0.6) is 5.75 Å². The number of carbonyl (C=O) groups excluding carboxylic acids is 1. The summed E-state index contributed by atoms with van der Waals surface area (Å²) in [5.41, 5.74) is 1.48. The Morgan fingerprint density at radius 2 is 1.88 bits per heavy atom. The summed E-state index contributed by atoms with van der Waals surface area (Å²) in [6.07, 6.45) is 1.68. The molecule has 4 rings (SSSR count). The third-order valence-corrected chi connectivity index (χ3v) is 5.51. The zero-order valence-electron chi connectivity index (χ0n) is 18.8. The number of carbonyl (C=O) groups is 1. The highest BCUT2D eigenvalue weighted by Crippen LogP contribution is 2.39. The Hall–Kier alpha value is -3.12. The highest BCUT2D eigenvalue weighted by molar-refractivity contribution is 5.99. The van der Waals surface area contributed by atoms with Crippen LogP contribution < -0.4 is 10.2 Å². The summed E-state index contributed by atoms with van der Waals surface area (Å²) < 4.78 is 17.4. The van der Waals surface area contributed by atoms with E-state index in [0.29, 0.717) is 42.7 Å². The second-order valence-corrected chi connectivity index (χ2v) is 8.27. The van der Waals surface area contributed by atoms with Gasteiger partial charge in [0.05, 0.1) is 29.7 Å². The first kappa shape index (κ1) is 22.1. The van der Waals surface area contributed by atoms with Crippen molar-refractivity contribution in [2.75, 3.05) is 19.8 Å². The minimum absolute atomic E-state index is 0.123. The van der Waals surface area contributed by atoms with Crippen LogP contribution in [0.3, 0.4) is 0 Å². The highest BCUT2D eigenvalue weighted by atomic mass is 16.5. The molecule has 1 aliphatic heterocycles. The van der Waals surface area contributed by atoms with E-state index in [1.165, 1.54) is 0 Å². The molecule has 32 heavy (non-hydrogen) atoms. The van der Waals surface area contributed by atoms with E-state index in [4.69, 9.17) is 13.9 Å². The third-order valence-electron chi connectivity index (χ3n) is 5.51. The third kappa shape index (κ3) is 4.28. The van der Waals surface area contributed by atoms with Gasteiger partial charge in [-0.3, -0.25) is 9.59 Å². The summed E-state index contributed by atoms with van der Waals surface area (Å²) in [6, 6.07) is 14.2. The molecule has 3 aromatic rings. The van der Waals surface area contributed by atoms with Gasteiger partial charge in [-0.2, -0.15) is 0 Å². The van der Waals surface area contributed by atoms with Crippen molar-refractivity contribution in [3.05, 3.63) is 75.6 Å². The molecule has 0 N–H and O–H groups in total. The lowest BCUT2D eigenvalue weighted by Gasteiger charge is -2.25. The van der Waals surface area contributed by atoms with Crippen LogP contribution >= 0.6 is 0 Å². The maximum absolute atomic E-state index is 13.5. The molecule has 0 aliphatic carbocycles. The number of benzene rings is 2. The van der Waals surface area contributed by atoms with Gasteiger partial charge in [0.15, 0.2) is 5.43 Å². The molecule has 2 heterocycles. The lowest BCUT2D eigenvalue weighted by atomic mass is 9.98. The number of para-hydroxylation sites is 1. The van der Waals surface area contributed by atoms with Crippen molar-refractivity contribution in [1.82, 2.24) is 4.90 Å². The second kappa shape index (κ2) is 9.57. The van der Waals surface area contributed by atoms with Crippen LogP contribution in [0.2, 0.25) is 0 Å². The predicted molar refractivity (Wildman–Crippen MR) is 123 cm³/mol. The van der Waals surface area contributed by atoms with Crippen LogP contribution in [0.4, 0.5) is 0 Å². The van der Waals surface area contributed by atoms with E-state index in [1.54, 1.807) is 29.2 Å². The van der Waals surface area contributed by atoms with Gasteiger partial charge in [0.1, 0.15) is 11.3 Å². The number of ether oxygens (including phenoxy) is 2. The SMILES string of the molecule is CCCOc1cccc(C2c3c(oc4ccccc4c3=O)C(=O)N2CCCOC(C)C)c1. The number of rotatable bonds is 9. The molecular weight excluding hydrogens is 406 g/mol. The standard InChI is InChI=1S/C26H29NO5/c1-4-14-31-19-10-7-9-18(16-19)23-22-24(28)20-11-5-6-12-21(20)32-25(22)26(29)27(23)13-8-15-30-17(2)3/h5-7,9-12,16-17,23H,4,8,13-15H2,1-3H3. The summed E-state index contributed by atoms with van der Waals surface area (Å²) in [5.74, 6) is 0.583. The first-order chi connectivity index (χ1) is 15.5. The molecule has 0 radical (unpaired) electrons. The van der Waals surface area contributed by atoms with E-state index in [9.17, 15) is 9.59 Å². The molecule has 1 amide bonds. The molecular formula is C26H29NO5. The van der Waals surface area contributed by atoms with E-state index in [1.807, 2.05) is 45.0 Å². The van der Waals surface area contributed by atoms with Crippen LogP contribution in [0, 0.1) is 0 Å². The molecule has 0 fully saturated rings. The molecule has 1 aliphatic rings. The lowest BCUT2D eigenvalue weighted by molar-refractivity contribution is 0.0593. The van der Waals surface area contributed by atoms with E-state index in [-0.39, 0.29) is 23.2 Å². The molecule has 0 saturated heterocycles. The van der Waals surface area contributed by atoms with Gasteiger partial charge in [-0.05, 0) is 56.5 Å². The minimum atomic E-state index is -0.525. The minimum Gasteiger partial charge on any atom is -0.494 e. The summed E-state index contributed by atoms with van der Waals surface area (Å²) >= 11 is 0.